The van der Waals surface area contributed by atoms with Crippen LogP contribution in [0, 0.1) is 3.57 Å². The minimum absolute atomic E-state index is 0.0231. The van der Waals surface area contributed by atoms with Crippen LogP contribution >= 0.6 is 34.2 Å². The third-order valence-corrected chi connectivity index (χ3v) is 3.07. The van der Waals surface area contributed by atoms with Gasteiger partial charge in [0.05, 0.1) is 5.56 Å². The van der Waals surface area contributed by atoms with Crippen molar-refractivity contribution < 1.29 is 14.6 Å². The number of carbonyl (C=O) groups is 1. The molecule has 0 aliphatic rings. The smallest absolute Gasteiger partial charge is 0.337 e. The number of nitrogens with zero attached hydrogens (tertiary/aromatic N) is 1. The van der Waals surface area contributed by atoms with E-state index in [-0.39, 0.29) is 16.5 Å². The van der Waals surface area contributed by atoms with Gasteiger partial charge >= 0.3 is 5.97 Å². The average molecular weight is 376 g/mol. The van der Waals surface area contributed by atoms with Crippen LogP contribution in [-0.2, 0) is 0 Å². The van der Waals surface area contributed by atoms with Gasteiger partial charge in [-0.3, -0.25) is 0 Å². The zero-order chi connectivity index (χ0) is 13.1. The van der Waals surface area contributed by atoms with Crippen molar-refractivity contribution in [1.29, 1.82) is 0 Å². The summed E-state index contributed by atoms with van der Waals surface area (Å²) in [7, 11) is 0. The van der Waals surface area contributed by atoms with E-state index in [0.717, 1.165) is 3.57 Å². The molecule has 0 atom stereocenters. The van der Waals surface area contributed by atoms with Crippen LogP contribution in [0.25, 0.3) is 0 Å². The monoisotopic (exact) mass is 375 g/mol. The van der Waals surface area contributed by atoms with Crippen LogP contribution in [0.15, 0.2) is 36.5 Å². The van der Waals surface area contributed by atoms with E-state index in [1.54, 1.807) is 12.1 Å². The number of rotatable bonds is 3. The number of hydrogen-bond donors (Lipinski definition) is 1. The normalized spacial score (nSPS) is 10.1. The van der Waals surface area contributed by atoms with Crippen LogP contribution in [0.3, 0.4) is 0 Å². The second kappa shape index (κ2) is 5.53. The van der Waals surface area contributed by atoms with Crippen LogP contribution in [0.5, 0.6) is 11.6 Å². The highest BCUT2D eigenvalue weighted by Gasteiger charge is 2.10. The maximum atomic E-state index is 10.7. The first kappa shape index (κ1) is 13.1. The van der Waals surface area contributed by atoms with Crippen molar-refractivity contribution in [2.75, 3.05) is 0 Å². The van der Waals surface area contributed by atoms with Crippen LogP contribution in [0.2, 0.25) is 5.02 Å². The van der Waals surface area contributed by atoms with E-state index in [1.165, 1.54) is 12.3 Å². The molecule has 0 aliphatic carbocycles. The summed E-state index contributed by atoms with van der Waals surface area (Å²) in [6, 6.07) is 8.64. The van der Waals surface area contributed by atoms with Gasteiger partial charge in [-0.2, -0.15) is 0 Å². The van der Waals surface area contributed by atoms with E-state index in [9.17, 15) is 4.79 Å². The number of aromatic carboxylic acids is 1. The second-order valence-corrected chi connectivity index (χ2v) is 5.02. The molecule has 6 heteroatoms. The largest absolute Gasteiger partial charge is 0.478 e. The molecular formula is C12H7ClINO3. The Balaban J connectivity index is 2.24. The molecule has 2 aromatic rings. The Morgan fingerprint density at radius 2 is 2.00 bits per heavy atom. The summed E-state index contributed by atoms with van der Waals surface area (Å²) in [4.78, 5) is 14.6. The third-order valence-electron chi connectivity index (χ3n) is 2.08. The number of halogens is 2. The predicted molar refractivity (Wildman–Crippen MR) is 75.4 cm³/mol. The molecule has 1 heterocycles. The van der Waals surface area contributed by atoms with Gasteiger partial charge in [0.15, 0.2) is 0 Å². The maximum absolute atomic E-state index is 10.7. The molecule has 0 unspecified atom stereocenters. The van der Waals surface area contributed by atoms with Crippen LogP contribution < -0.4 is 4.74 Å². The highest BCUT2D eigenvalue weighted by molar-refractivity contribution is 14.1. The quantitative estimate of drug-likeness (QED) is 0.828. The predicted octanol–water partition coefficient (Wildman–Crippen LogP) is 3.83. The fourth-order valence-corrected chi connectivity index (χ4v) is 1.80. The number of carboxylic acid groups (broad SMARTS) is 1. The molecule has 1 N–H and O–H groups in total. The second-order valence-electron chi connectivity index (χ2n) is 3.37. The molecule has 92 valence electrons. The van der Waals surface area contributed by atoms with Crippen molar-refractivity contribution in [3.05, 3.63) is 50.7 Å². The van der Waals surface area contributed by atoms with Gasteiger partial charge in [-0.1, -0.05) is 11.6 Å². The molecule has 1 aromatic heterocycles. The molecule has 0 radical (unpaired) electrons. The van der Waals surface area contributed by atoms with Gasteiger partial charge in [-0.15, -0.1) is 0 Å². The highest BCUT2D eigenvalue weighted by Crippen LogP contribution is 2.27. The van der Waals surface area contributed by atoms with Gasteiger partial charge in [0.1, 0.15) is 10.8 Å². The molecule has 0 bridgehead atoms. The van der Waals surface area contributed by atoms with E-state index < -0.39 is 5.97 Å². The highest BCUT2D eigenvalue weighted by atomic mass is 127. The molecule has 18 heavy (non-hydrogen) atoms. The first-order chi connectivity index (χ1) is 8.56. The first-order valence-electron chi connectivity index (χ1n) is 4.88. The molecule has 0 aliphatic heterocycles. The topological polar surface area (TPSA) is 59.4 Å². The van der Waals surface area contributed by atoms with Crippen molar-refractivity contribution in [3.63, 3.8) is 0 Å². The number of benzene rings is 1. The lowest BCUT2D eigenvalue weighted by molar-refractivity contribution is 0.0696. The van der Waals surface area contributed by atoms with E-state index in [2.05, 4.69) is 27.6 Å². The average Bonchev–Trinajstić information content (AvgIpc) is 2.34. The number of aromatic nitrogens is 1. The summed E-state index contributed by atoms with van der Waals surface area (Å²) < 4.78 is 6.54. The fraction of sp³-hybridized carbons (Fsp3) is 0. The lowest BCUT2D eigenvalue weighted by atomic mass is 10.3. The van der Waals surface area contributed by atoms with Gasteiger partial charge in [-0.05, 0) is 52.9 Å². The van der Waals surface area contributed by atoms with Gasteiger partial charge < -0.3 is 9.84 Å². The molecular weight excluding hydrogens is 368 g/mol. The molecule has 0 spiro atoms. The molecule has 2 rings (SSSR count). The third kappa shape index (κ3) is 3.11. The molecule has 0 saturated carbocycles. The number of ether oxygens (including phenoxy) is 1. The van der Waals surface area contributed by atoms with E-state index in [4.69, 9.17) is 21.4 Å². The van der Waals surface area contributed by atoms with Gasteiger partial charge in [0.25, 0.3) is 0 Å². The van der Waals surface area contributed by atoms with E-state index in [1.807, 2.05) is 12.1 Å². The zero-order valence-corrected chi connectivity index (χ0v) is 11.8. The summed E-state index contributed by atoms with van der Waals surface area (Å²) in [5.41, 5.74) is 0.0231. The molecule has 4 nitrogen and oxygen atoms in total. The first-order valence-corrected chi connectivity index (χ1v) is 6.34. The van der Waals surface area contributed by atoms with E-state index >= 15 is 0 Å². The number of carboxylic acids is 1. The van der Waals surface area contributed by atoms with Crippen molar-refractivity contribution in [2.24, 2.45) is 0 Å². The van der Waals surface area contributed by atoms with Gasteiger partial charge in [-0.25, -0.2) is 9.78 Å². The van der Waals surface area contributed by atoms with Crippen LogP contribution in [0.4, 0.5) is 0 Å². The Labute approximate surface area is 122 Å². The number of pyridine rings is 1. The Hall–Kier alpha value is -1.34. The summed E-state index contributed by atoms with van der Waals surface area (Å²) in [5, 5.41) is 8.94. The van der Waals surface area contributed by atoms with Crippen molar-refractivity contribution in [3.8, 4) is 11.6 Å². The van der Waals surface area contributed by atoms with Crippen molar-refractivity contribution in [1.82, 2.24) is 4.98 Å². The van der Waals surface area contributed by atoms with Gasteiger partial charge in [0.2, 0.25) is 5.88 Å². The minimum Gasteiger partial charge on any atom is -0.478 e. The maximum Gasteiger partial charge on any atom is 0.337 e. The van der Waals surface area contributed by atoms with E-state index in [0.29, 0.717) is 5.75 Å². The molecule has 0 amide bonds. The lowest BCUT2D eigenvalue weighted by Gasteiger charge is -2.06. The summed E-state index contributed by atoms with van der Waals surface area (Å²) in [6.07, 6.45) is 1.20. The van der Waals surface area contributed by atoms with Gasteiger partial charge in [0, 0.05) is 9.77 Å². The van der Waals surface area contributed by atoms with Crippen molar-refractivity contribution in [2.45, 2.75) is 0 Å². The minimum atomic E-state index is -1.08. The summed E-state index contributed by atoms with van der Waals surface area (Å²) in [5.74, 6) is -0.305. The lowest BCUT2D eigenvalue weighted by Crippen LogP contribution is -1.98. The molecule has 0 fully saturated rings. The SMILES string of the molecule is O=C(O)c1cnc(Oc2ccc(I)cc2)c(Cl)c1. The van der Waals surface area contributed by atoms with Crippen LogP contribution in [0.1, 0.15) is 10.4 Å². The Morgan fingerprint density at radius 3 is 2.56 bits per heavy atom. The summed E-state index contributed by atoms with van der Waals surface area (Å²) >= 11 is 8.09. The Morgan fingerprint density at radius 1 is 1.33 bits per heavy atom. The summed E-state index contributed by atoms with van der Waals surface area (Å²) in [6.45, 7) is 0. The fourth-order valence-electron chi connectivity index (χ4n) is 1.23. The van der Waals surface area contributed by atoms with Crippen LogP contribution in [-0.4, -0.2) is 16.1 Å². The number of hydrogen-bond acceptors (Lipinski definition) is 3. The standard InChI is InChI=1S/C12H7ClINO3/c13-10-5-7(12(16)17)6-15-11(10)18-9-3-1-8(14)2-4-9/h1-6H,(H,16,17). The zero-order valence-electron chi connectivity index (χ0n) is 8.93. The molecule has 1 aromatic carbocycles. The molecule has 0 saturated heterocycles. The Bertz CT molecular complexity index is 586. The Kier molecular flexibility index (Phi) is 4.03. The van der Waals surface area contributed by atoms with Crippen molar-refractivity contribution >= 4 is 40.2 Å².